The molecular formula is C22H40O4. The van der Waals surface area contributed by atoms with Gasteiger partial charge in [0.25, 0.3) is 0 Å². The summed E-state index contributed by atoms with van der Waals surface area (Å²) in [5, 5.41) is 19.2. The van der Waals surface area contributed by atoms with Gasteiger partial charge in [-0.05, 0) is 12.8 Å². The lowest BCUT2D eigenvalue weighted by Gasteiger charge is -2.25. The number of carboxylic acid groups (broad SMARTS) is 2. The van der Waals surface area contributed by atoms with Gasteiger partial charge >= 0.3 is 11.9 Å². The van der Waals surface area contributed by atoms with Crippen LogP contribution in [0.2, 0.25) is 0 Å². The minimum Gasteiger partial charge on any atom is -0.480 e. The third-order valence-corrected chi connectivity index (χ3v) is 6.03. The Morgan fingerprint density at radius 3 is 0.808 bits per heavy atom. The summed E-state index contributed by atoms with van der Waals surface area (Å²) in [7, 11) is 0. The van der Waals surface area contributed by atoms with Crippen molar-refractivity contribution in [1.29, 1.82) is 0 Å². The molecule has 0 amide bonds. The smallest absolute Gasteiger partial charge is 0.321 e. The summed E-state index contributed by atoms with van der Waals surface area (Å²) in [6, 6.07) is 0. The average molecular weight is 369 g/mol. The van der Waals surface area contributed by atoms with Crippen molar-refractivity contribution >= 4 is 11.9 Å². The van der Waals surface area contributed by atoms with Crippen molar-refractivity contribution in [2.24, 2.45) is 5.41 Å². The summed E-state index contributed by atoms with van der Waals surface area (Å²) in [6.45, 7) is 0. The lowest BCUT2D eigenvalue weighted by Crippen LogP contribution is -2.39. The van der Waals surface area contributed by atoms with Crippen LogP contribution in [0.1, 0.15) is 122 Å². The van der Waals surface area contributed by atoms with E-state index in [4.69, 9.17) is 0 Å². The van der Waals surface area contributed by atoms with Crippen LogP contribution in [-0.2, 0) is 9.59 Å². The van der Waals surface area contributed by atoms with Gasteiger partial charge in [0.2, 0.25) is 0 Å². The lowest BCUT2D eigenvalue weighted by molar-refractivity contribution is -0.166. The molecule has 4 heteroatoms. The Labute approximate surface area is 159 Å². The zero-order valence-electron chi connectivity index (χ0n) is 16.6. The molecule has 0 aromatic carbocycles. The molecule has 0 aromatic rings. The summed E-state index contributed by atoms with van der Waals surface area (Å²) < 4.78 is 0. The third kappa shape index (κ3) is 9.05. The lowest BCUT2D eigenvalue weighted by atomic mass is 9.78. The highest BCUT2D eigenvalue weighted by molar-refractivity contribution is 5.98. The normalized spacial score (nSPS) is 22.9. The van der Waals surface area contributed by atoms with Gasteiger partial charge in [-0.15, -0.1) is 0 Å². The maximum absolute atomic E-state index is 11.7. The number of hydrogen-bond acceptors (Lipinski definition) is 2. The van der Waals surface area contributed by atoms with Gasteiger partial charge in [-0.2, -0.15) is 0 Å². The number of rotatable bonds is 2. The second kappa shape index (κ2) is 14.1. The van der Waals surface area contributed by atoms with E-state index in [-0.39, 0.29) is 12.8 Å². The summed E-state index contributed by atoms with van der Waals surface area (Å²) in [5.74, 6) is -2.29. The summed E-state index contributed by atoms with van der Waals surface area (Å²) >= 11 is 0. The molecule has 0 atom stereocenters. The van der Waals surface area contributed by atoms with Crippen LogP contribution in [0.15, 0.2) is 0 Å². The Balaban J connectivity index is 2.50. The molecule has 0 saturated heterocycles. The molecule has 1 fully saturated rings. The van der Waals surface area contributed by atoms with E-state index in [1.54, 1.807) is 0 Å². The molecule has 152 valence electrons. The van der Waals surface area contributed by atoms with Crippen molar-refractivity contribution in [2.75, 3.05) is 0 Å². The molecule has 1 aliphatic carbocycles. The van der Waals surface area contributed by atoms with E-state index in [0.717, 1.165) is 25.7 Å². The van der Waals surface area contributed by atoms with Crippen LogP contribution in [0.4, 0.5) is 0 Å². The molecule has 0 radical (unpaired) electrons. The number of carboxylic acids is 2. The van der Waals surface area contributed by atoms with Crippen molar-refractivity contribution in [3.63, 3.8) is 0 Å². The van der Waals surface area contributed by atoms with E-state index in [1.807, 2.05) is 0 Å². The Morgan fingerprint density at radius 2 is 0.615 bits per heavy atom. The predicted octanol–water partition coefficient (Wildman–Crippen LogP) is 6.57. The molecule has 0 bridgehead atoms. The van der Waals surface area contributed by atoms with E-state index >= 15 is 0 Å². The van der Waals surface area contributed by atoms with Crippen molar-refractivity contribution in [1.82, 2.24) is 0 Å². The SMILES string of the molecule is O=C(O)C1(C(=O)O)CCCCCCCCCCCCCCCCCCC1. The fourth-order valence-electron chi connectivity index (χ4n) is 4.15. The molecule has 0 aromatic heterocycles. The van der Waals surface area contributed by atoms with Crippen LogP contribution < -0.4 is 0 Å². The van der Waals surface area contributed by atoms with E-state index < -0.39 is 17.4 Å². The van der Waals surface area contributed by atoms with E-state index in [0.29, 0.717) is 12.8 Å². The quantitative estimate of drug-likeness (QED) is 0.541. The van der Waals surface area contributed by atoms with Crippen molar-refractivity contribution in [3.8, 4) is 0 Å². The molecule has 1 rings (SSSR count). The summed E-state index contributed by atoms with van der Waals surface area (Å²) in [5.41, 5.74) is -1.57. The first-order valence-corrected chi connectivity index (χ1v) is 11.1. The monoisotopic (exact) mass is 368 g/mol. The van der Waals surface area contributed by atoms with Gasteiger partial charge < -0.3 is 10.2 Å². The Morgan fingerprint density at radius 1 is 0.423 bits per heavy atom. The fourth-order valence-corrected chi connectivity index (χ4v) is 4.15. The molecule has 2 N–H and O–H groups in total. The Hall–Kier alpha value is -1.06. The van der Waals surface area contributed by atoms with Gasteiger partial charge in [0, 0.05) is 0 Å². The van der Waals surface area contributed by atoms with E-state index in [1.165, 1.54) is 70.6 Å². The van der Waals surface area contributed by atoms with Crippen LogP contribution >= 0.6 is 0 Å². The zero-order valence-corrected chi connectivity index (χ0v) is 16.6. The van der Waals surface area contributed by atoms with E-state index in [9.17, 15) is 19.8 Å². The highest BCUT2D eigenvalue weighted by atomic mass is 16.4. The molecule has 26 heavy (non-hydrogen) atoms. The fraction of sp³-hybridized carbons (Fsp3) is 0.909. The van der Waals surface area contributed by atoms with Crippen LogP contribution in [0.5, 0.6) is 0 Å². The highest BCUT2D eigenvalue weighted by Gasteiger charge is 2.45. The number of hydrogen-bond donors (Lipinski definition) is 2. The first-order chi connectivity index (χ1) is 12.6. The van der Waals surface area contributed by atoms with Gasteiger partial charge in [0.15, 0.2) is 5.41 Å². The van der Waals surface area contributed by atoms with Crippen LogP contribution in [0.3, 0.4) is 0 Å². The average Bonchev–Trinajstić information content (AvgIpc) is 2.60. The van der Waals surface area contributed by atoms with Crippen LogP contribution in [0, 0.1) is 5.41 Å². The zero-order chi connectivity index (χ0) is 19.1. The molecule has 1 saturated carbocycles. The molecule has 0 heterocycles. The molecular weight excluding hydrogens is 328 g/mol. The molecule has 0 aliphatic heterocycles. The Kier molecular flexibility index (Phi) is 12.4. The first-order valence-electron chi connectivity index (χ1n) is 11.1. The topological polar surface area (TPSA) is 74.6 Å². The van der Waals surface area contributed by atoms with Crippen molar-refractivity contribution in [3.05, 3.63) is 0 Å². The van der Waals surface area contributed by atoms with Crippen LogP contribution in [-0.4, -0.2) is 22.2 Å². The molecule has 4 nitrogen and oxygen atoms in total. The summed E-state index contributed by atoms with van der Waals surface area (Å²) in [6.07, 6.45) is 20.3. The largest absolute Gasteiger partial charge is 0.480 e. The minimum absolute atomic E-state index is 0.275. The highest BCUT2D eigenvalue weighted by Crippen LogP contribution is 2.33. The van der Waals surface area contributed by atoms with Crippen molar-refractivity contribution in [2.45, 2.75) is 122 Å². The standard InChI is InChI=1S/C22H40O4/c23-20(24)22(21(25)26)18-16-14-12-10-8-6-4-2-1-3-5-7-9-11-13-15-17-19-22/h1-19H2,(H,23,24)(H,25,26). The molecule has 0 spiro atoms. The second-order valence-corrected chi connectivity index (χ2v) is 8.20. The van der Waals surface area contributed by atoms with Crippen LogP contribution in [0.25, 0.3) is 0 Å². The maximum atomic E-state index is 11.7. The van der Waals surface area contributed by atoms with Gasteiger partial charge in [-0.25, -0.2) is 0 Å². The third-order valence-electron chi connectivity index (χ3n) is 6.03. The molecule has 0 unspecified atom stereocenters. The van der Waals surface area contributed by atoms with Crippen molar-refractivity contribution < 1.29 is 19.8 Å². The van der Waals surface area contributed by atoms with Gasteiger partial charge in [-0.1, -0.05) is 109 Å². The first kappa shape index (κ1) is 23.0. The predicted molar refractivity (Wildman–Crippen MR) is 105 cm³/mol. The summed E-state index contributed by atoms with van der Waals surface area (Å²) in [4.78, 5) is 23.5. The number of aliphatic carboxylic acids is 2. The number of carbonyl (C=O) groups is 2. The second-order valence-electron chi connectivity index (χ2n) is 8.20. The van der Waals surface area contributed by atoms with Gasteiger partial charge in [0.1, 0.15) is 0 Å². The minimum atomic E-state index is -1.57. The van der Waals surface area contributed by atoms with Gasteiger partial charge in [0.05, 0.1) is 0 Å². The Bertz CT molecular complexity index is 356. The van der Waals surface area contributed by atoms with Gasteiger partial charge in [-0.3, -0.25) is 9.59 Å². The van der Waals surface area contributed by atoms with E-state index in [2.05, 4.69) is 0 Å². The maximum Gasteiger partial charge on any atom is 0.321 e. The molecule has 1 aliphatic rings.